The molecule has 0 unspecified atom stereocenters. The highest BCUT2D eigenvalue weighted by Crippen LogP contribution is 2.57. The predicted octanol–water partition coefficient (Wildman–Crippen LogP) is 17.2. The number of para-hydroxylation sites is 3. The summed E-state index contributed by atoms with van der Waals surface area (Å²) in [5, 5.41) is 2.22. The van der Waals surface area contributed by atoms with Crippen molar-refractivity contribution in [1.29, 1.82) is 0 Å². The zero-order valence-electron chi connectivity index (χ0n) is 35.7. The molecule has 0 saturated carbocycles. The van der Waals surface area contributed by atoms with E-state index in [2.05, 4.69) is 254 Å². The molecule has 0 amide bonds. The molecule has 1 heterocycles. The smallest absolute Gasteiger partial charge is 0.159 e. The molecule has 0 atom stereocenters. The molecule has 3 heteroatoms. The third-order valence-corrected chi connectivity index (χ3v) is 13.3. The first-order valence-electron chi connectivity index (χ1n) is 22.1. The number of ether oxygens (including phenoxy) is 1. The first-order chi connectivity index (χ1) is 31.5. The number of nitrogens with zero attached hydrogens (tertiary/aromatic N) is 2. The van der Waals surface area contributed by atoms with Crippen LogP contribution in [0.2, 0.25) is 0 Å². The largest absolute Gasteiger partial charge is 0.454 e. The second kappa shape index (κ2) is 15.0. The molecule has 1 aliphatic carbocycles. The number of hydrogen-bond donors (Lipinski definition) is 0. The highest BCUT2D eigenvalue weighted by atomic mass is 16.5. The van der Waals surface area contributed by atoms with E-state index in [1.807, 2.05) is 0 Å². The maximum atomic E-state index is 7.14. The van der Waals surface area contributed by atoms with Crippen LogP contribution in [0.5, 0.6) is 11.5 Å². The average molecular weight is 821 g/mol. The third kappa shape index (κ3) is 6.04. The summed E-state index contributed by atoms with van der Waals surface area (Å²) < 4.78 is 7.14. The summed E-state index contributed by atoms with van der Waals surface area (Å²) in [7, 11) is 0. The minimum absolute atomic E-state index is 0.147. The van der Waals surface area contributed by atoms with Crippen molar-refractivity contribution in [3.05, 3.63) is 242 Å². The molecule has 10 aromatic carbocycles. The fraction of sp³-hybridized carbons (Fsp3) is 0.0492. The van der Waals surface area contributed by atoms with Crippen molar-refractivity contribution in [1.82, 2.24) is 0 Å². The number of fused-ring (bicyclic) bond motifs is 5. The molecule has 1 aliphatic heterocycles. The van der Waals surface area contributed by atoms with Gasteiger partial charge in [0.2, 0.25) is 0 Å². The van der Waals surface area contributed by atoms with Crippen LogP contribution in [-0.4, -0.2) is 0 Å². The molecule has 0 fully saturated rings. The van der Waals surface area contributed by atoms with E-state index in [0.717, 1.165) is 67.5 Å². The van der Waals surface area contributed by atoms with Gasteiger partial charge in [-0.1, -0.05) is 184 Å². The van der Waals surface area contributed by atoms with E-state index in [0.29, 0.717) is 0 Å². The van der Waals surface area contributed by atoms with Gasteiger partial charge in [0.25, 0.3) is 0 Å². The van der Waals surface area contributed by atoms with Crippen LogP contribution >= 0.6 is 0 Å². The Labute approximate surface area is 374 Å². The van der Waals surface area contributed by atoms with Gasteiger partial charge in [0.05, 0.1) is 17.1 Å². The minimum Gasteiger partial charge on any atom is -0.454 e. The average Bonchev–Trinajstić information content (AvgIpc) is 3.60. The van der Waals surface area contributed by atoms with Gasteiger partial charge in [0.15, 0.2) is 5.75 Å². The first-order valence-corrected chi connectivity index (χ1v) is 22.1. The van der Waals surface area contributed by atoms with E-state index in [-0.39, 0.29) is 5.41 Å². The molecule has 3 nitrogen and oxygen atoms in total. The Kier molecular flexibility index (Phi) is 8.84. The molecular weight excluding hydrogens is 777 g/mol. The molecule has 12 rings (SSSR count). The lowest BCUT2D eigenvalue weighted by Crippen LogP contribution is -2.16. The fourth-order valence-electron chi connectivity index (χ4n) is 10.2. The van der Waals surface area contributed by atoms with Crippen LogP contribution in [0.4, 0.5) is 34.1 Å². The molecule has 0 bridgehead atoms. The number of hydrogen-bond acceptors (Lipinski definition) is 3. The van der Waals surface area contributed by atoms with Gasteiger partial charge < -0.3 is 14.5 Å². The molecule has 64 heavy (non-hydrogen) atoms. The molecule has 0 saturated heterocycles. The lowest BCUT2D eigenvalue weighted by atomic mass is 9.82. The second-order valence-electron chi connectivity index (χ2n) is 17.3. The van der Waals surface area contributed by atoms with Crippen LogP contribution in [-0.2, 0) is 5.41 Å². The fourth-order valence-corrected chi connectivity index (χ4v) is 10.2. The molecule has 304 valence electrons. The van der Waals surface area contributed by atoms with E-state index in [1.54, 1.807) is 0 Å². The zero-order valence-corrected chi connectivity index (χ0v) is 35.7. The van der Waals surface area contributed by atoms with Gasteiger partial charge in [0, 0.05) is 44.4 Å². The summed E-state index contributed by atoms with van der Waals surface area (Å²) in [6, 6.07) is 83.0. The third-order valence-electron chi connectivity index (χ3n) is 13.3. The molecule has 2 aliphatic rings. The Morgan fingerprint density at radius 2 is 0.844 bits per heavy atom. The second-order valence-corrected chi connectivity index (χ2v) is 17.3. The van der Waals surface area contributed by atoms with Crippen molar-refractivity contribution in [2.75, 3.05) is 9.80 Å². The van der Waals surface area contributed by atoms with Crippen LogP contribution < -0.4 is 14.5 Å². The van der Waals surface area contributed by atoms with E-state index in [1.165, 1.54) is 44.5 Å². The Hall–Kier alpha value is -8.14. The van der Waals surface area contributed by atoms with Crippen molar-refractivity contribution in [2.45, 2.75) is 19.3 Å². The van der Waals surface area contributed by atoms with Gasteiger partial charge in [0.1, 0.15) is 5.75 Å². The molecule has 0 N–H and O–H groups in total. The maximum absolute atomic E-state index is 7.14. The predicted molar refractivity (Wildman–Crippen MR) is 267 cm³/mol. The Morgan fingerprint density at radius 1 is 0.344 bits per heavy atom. The van der Waals surface area contributed by atoms with Crippen LogP contribution in [0, 0.1) is 0 Å². The highest BCUT2D eigenvalue weighted by molar-refractivity contribution is 6.12. The van der Waals surface area contributed by atoms with Crippen molar-refractivity contribution in [2.24, 2.45) is 0 Å². The first kappa shape index (κ1) is 37.6. The summed E-state index contributed by atoms with van der Waals surface area (Å²) >= 11 is 0. The summed E-state index contributed by atoms with van der Waals surface area (Å²) in [5.74, 6) is 1.68. The Morgan fingerprint density at radius 3 is 1.53 bits per heavy atom. The van der Waals surface area contributed by atoms with Crippen LogP contribution in [0.3, 0.4) is 0 Å². The quantitative estimate of drug-likeness (QED) is 0.152. The van der Waals surface area contributed by atoms with E-state index < -0.39 is 0 Å². The molecule has 0 spiro atoms. The molecule has 10 aromatic rings. The number of benzene rings is 10. The van der Waals surface area contributed by atoms with Crippen LogP contribution in [0.15, 0.2) is 231 Å². The minimum atomic E-state index is -0.147. The van der Waals surface area contributed by atoms with Crippen molar-refractivity contribution >= 4 is 44.9 Å². The SMILES string of the molecule is CC1(C)c2ccccc2-c2c(N(c3ccc(-c4ccc(-c5ccccc5)cc4)cc3)c3ccc4c5c(cccc35)-c3cccc(N(c5ccccc5)c5ccccc5)c3O4)cccc21. The van der Waals surface area contributed by atoms with Gasteiger partial charge >= 0.3 is 0 Å². The van der Waals surface area contributed by atoms with E-state index in [9.17, 15) is 0 Å². The Balaban J connectivity index is 1.03. The van der Waals surface area contributed by atoms with E-state index in [4.69, 9.17) is 4.74 Å². The number of anilines is 6. The lowest BCUT2D eigenvalue weighted by molar-refractivity contribution is 0.488. The normalized spacial score (nSPS) is 12.8. The van der Waals surface area contributed by atoms with Gasteiger partial charge in [-0.2, -0.15) is 0 Å². The lowest BCUT2D eigenvalue weighted by Gasteiger charge is -2.33. The maximum Gasteiger partial charge on any atom is 0.159 e. The van der Waals surface area contributed by atoms with Crippen molar-refractivity contribution < 1.29 is 4.74 Å². The molecule has 0 aromatic heterocycles. The highest BCUT2D eigenvalue weighted by Gasteiger charge is 2.38. The number of rotatable bonds is 8. The summed E-state index contributed by atoms with van der Waals surface area (Å²) in [4.78, 5) is 4.76. The van der Waals surface area contributed by atoms with Crippen molar-refractivity contribution in [3.8, 4) is 56.0 Å². The van der Waals surface area contributed by atoms with Crippen molar-refractivity contribution in [3.63, 3.8) is 0 Å². The van der Waals surface area contributed by atoms with E-state index >= 15 is 0 Å². The van der Waals surface area contributed by atoms with Gasteiger partial charge in [-0.15, -0.1) is 0 Å². The summed E-state index contributed by atoms with van der Waals surface area (Å²) in [5.41, 5.74) is 18.5. The van der Waals surface area contributed by atoms with Gasteiger partial charge in [-0.3, -0.25) is 0 Å². The van der Waals surface area contributed by atoms with Gasteiger partial charge in [-0.25, -0.2) is 0 Å². The van der Waals surface area contributed by atoms with Gasteiger partial charge in [-0.05, 0) is 105 Å². The molecule has 0 radical (unpaired) electrons. The Bertz CT molecular complexity index is 3320. The topological polar surface area (TPSA) is 15.7 Å². The summed E-state index contributed by atoms with van der Waals surface area (Å²) in [6.07, 6.45) is 0. The molecular formula is C61H44N2O. The van der Waals surface area contributed by atoms with Crippen LogP contribution in [0.25, 0.3) is 55.3 Å². The van der Waals surface area contributed by atoms with Crippen LogP contribution in [0.1, 0.15) is 25.0 Å². The monoisotopic (exact) mass is 820 g/mol. The zero-order chi connectivity index (χ0) is 42.8. The standard InChI is InChI=1S/C61H44N2O/c1-61(2)52-27-13-12-23-50(52)59-53(61)28-16-29-55(59)63(47-37-35-44(36-38-47)43-33-31-42(32-34-43)41-17-6-3-7-18-41)54-39-40-57-58-48(24-14-26-51(54)58)49-25-15-30-56(60(49)64-57)62(45-19-8-4-9-20-45)46-21-10-5-11-22-46/h3-40H,1-2H3. The summed E-state index contributed by atoms with van der Waals surface area (Å²) in [6.45, 7) is 4.71.